The van der Waals surface area contributed by atoms with Gasteiger partial charge in [0.15, 0.2) is 0 Å². The Morgan fingerprint density at radius 1 is 0.228 bits per heavy atom. The van der Waals surface area contributed by atoms with E-state index < -0.39 is 0 Å². The molecule has 0 aliphatic heterocycles. The molecule has 0 N–H and O–H groups in total. The number of para-hydroxylation sites is 4. The highest BCUT2D eigenvalue weighted by Crippen LogP contribution is 2.43. The number of hydrogen-bond donors (Lipinski definition) is 0. The Kier molecular flexibility index (Phi) is 6.93. The van der Waals surface area contributed by atoms with Gasteiger partial charge >= 0.3 is 0 Å². The molecule has 0 amide bonds. The number of benzene rings is 9. The summed E-state index contributed by atoms with van der Waals surface area (Å²) in [6.07, 6.45) is 0. The third-order valence-electron chi connectivity index (χ3n) is 11.8. The molecule has 57 heavy (non-hydrogen) atoms. The second-order valence-corrected chi connectivity index (χ2v) is 14.9. The van der Waals surface area contributed by atoms with E-state index in [1.807, 2.05) is 0 Å². The van der Waals surface area contributed by atoms with Crippen LogP contribution in [-0.4, -0.2) is 13.7 Å². The third kappa shape index (κ3) is 4.73. The molecule has 12 rings (SSSR count). The zero-order valence-corrected chi connectivity index (χ0v) is 31.0. The van der Waals surface area contributed by atoms with Crippen molar-refractivity contribution >= 4 is 65.4 Å². The molecule has 0 bridgehead atoms. The highest BCUT2D eigenvalue weighted by Gasteiger charge is 2.22. The summed E-state index contributed by atoms with van der Waals surface area (Å²) in [5, 5.41) is 7.51. The molecule has 3 heteroatoms. The van der Waals surface area contributed by atoms with Crippen LogP contribution in [0.15, 0.2) is 212 Å². The molecule has 0 aliphatic carbocycles. The molecule has 0 saturated heterocycles. The largest absolute Gasteiger partial charge is 0.309 e. The van der Waals surface area contributed by atoms with Crippen LogP contribution in [0.4, 0.5) is 0 Å². The van der Waals surface area contributed by atoms with E-state index in [4.69, 9.17) is 0 Å². The van der Waals surface area contributed by atoms with Gasteiger partial charge in [0, 0.05) is 49.4 Å². The maximum absolute atomic E-state index is 2.47. The van der Waals surface area contributed by atoms with E-state index in [9.17, 15) is 0 Å². The average molecular weight is 726 g/mol. The Morgan fingerprint density at radius 3 is 1.25 bits per heavy atom. The van der Waals surface area contributed by atoms with E-state index in [1.165, 1.54) is 87.7 Å². The van der Waals surface area contributed by atoms with Gasteiger partial charge in [0.2, 0.25) is 0 Å². The monoisotopic (exact) mass is 725 g/mol. The van der Waals surface area contributed by atoms with Gasteiger partial charge in [-0.15, -0.1) is 0 Å². The zero-order valence-electron chi connectivity index (χ0n) is 31.0. The summed E-state index contributed by atoms with van der Waals surface area (Å²) in [4.78, 5) is 0. The van der Waals surface area contributed by atoms with E-state index in [0.717, 1.165) is 17.1 Å². The first-order valence-corrected chi connectivity index (χ1v) is 19.6. The van der Waals surface area contributed by atoms with E-state index in [0.29, 0.717) is 0 Å². The lowest BCUT2D eigenvalue weighted by Gasteiger charge is -2.13. The van der Waals surface area contributed by atoms with E-state index in [1.54, 1.807) is 0 Å². The van der Waals surface area contributed by atoms with Gasteiger partial charge in [-0.3, -0.25) is 0 Å². The van der Waals surface area contributed by atoms with Gasteiger partial charge < -0.3 is 13.7 Å². The average Bonchev–Trinajstić information content (AvgIpc) is 3.93. The van der Waals surface area contributed by atoms with Crippen LogP contribution in [0.3, 0.4) is 0 Å². The van der Waals surface area contributed by atoms with E-state index >= 15 is 0 Å². The molecule has 266 valence electrons. The predicted molar refractivity (Wildman–Crippen MR) is 240 cm³/mol. The molecule has 0 radical (unpaired) electrons. The first-order valence-electron chi connectivity index (χ1n) is 19.6. The van der Waals surface area contributed by atoms with Crippen LogP contribution in [0.25, 0.3) is 105 Å². The molecular weight excluding hydrogens is 691 g/mol. The molecule has 0 aliphatic rings. The number of hydrogen-bond acceptors (Lipinski definition) is 0. The molecule has 0 spiro atoms. The first-order chi connectivity index (χ1) is 28.3. The number of aromatic nitrogens is 3. The van der Waals surface area contributed by atoms with Crippen molar-refractivity contribution in [2.75, 3.05) is 0 Å². The zero-order chi connectivity index (χ0) is 37.5. The topological polar surface area (TPSA) is 14.8 Å². The maximum atomic E-state index is 2.47. The SMILES string of the molecule is c1ccc(-c2ccc(-n3c4ccccc4c4c(-c5ccc(-n6c7ccccc7c7ccc8c9ccccc9n(-c9ccccc9)c8c76)cc5)cccc43)cc2)cc1. The minimum atomic E-state index is 1.13. The van der Waals surface area contributed by atoms with Gasteiger partial charge in [0.05, 0.1) is 33.1 Å². The molecule has 3 nitrogen and oxygen atoms in total. The summed E-state index contributed by atoms with van der Waals surface area (Å²) < 4.78 is 7.33. The van der Waals surface area contributed by atoms with Gasteiger partial charge in [-0.25, -0.2) is 0 Å². The quantitative estimate of drug-likeness (QED) is 0.168. The van der Waals surface area contributed by atoms with Gasteiger partial charge in [-0.1, -0.05) is 152 Å². The molecule has 12 aromatic rings. The van der Waals surface area contributed by atoms with Crippen LogP contribution < -0.4 is 0 Å². The highest BCUT2D eigenvalue weighted by atomic mass is 15.0. The first kappa shape index (κ1) is 31.7. The lowest BCUT2D eigenvalue weighted by Crippen LogP contribution is -1.98. The third-order valence-corrected chi connectivity index (χ3v) is 11.8. The Bertz CT molecular complexity index is 3470. The lowest BCUT2D eigenvalue weighted by molar-refractivity contribution is 1.15. The van der Waals surface area contributed by atoms with Crippen LogP contribution in [0.1, 0.15) is 0 Å². The summed E-state index contributed by atoms with van der Waals surface area (Å²) in [6.45, 7) is 0. The van der Waals surface area contributed by atoms with Crippen LogP contribution >= 0.6 is 0 Å². The van der Waals surface area contributed by atoms with Crippen molar-refractivity contribution in [2.24, 2.45) is 0 Å². The summed E-state index contributed by atoms with van der Waals surface area (Å²) in [5.74, 6) is 0. The summed E-state index contributed by atoms with van der Waals surface area (Å²) >= 11 is 0. The van der Waals surface area contributed by atoms with E-state index in [2.05, 4.69) is 226 Å². The van der Waals surface area contributed by atoms with Crippen molar-refractivity contribution in [2.45, 2.75) is 0 Å². The Hall–Kier alpha value is -7.62. The van der Waals surface area contributed by atoms with E-state index in [-0.39, 0.29) is 0 Å². The van der Waals surface area contributed by atoms with Crippen molar-refractivity contribution in [3.05, 3.63) is 212 Å². The Labute approximate surface area is 329 Å². The minimum absolute atomic E-state index is 1.13. The van der Waals surface area contributed by atoms with Crippen LogP contribution in [0, 0.1) is 0 Å². The Balaban J connectivity index is 1.05. The molecule has 9 aromatic carbocycles. The van der Waals surface area contributed by atoms with Crippen molar-refractivity contribution in [1.82, 2.24) is 13.7 Å². The molecule has 0 saturated carbocycles. The summed E-state index contributed by atoms with van der Waals surface area (Å²) in [5.41, 5.74) is 15.5. The molecule has 3 aromatic heterocycles. The molecule has 0 atom stereocenters. The van der Waals surface area contributed by atoms with Crippen molar-refractivity contribution in [1.29, 1.82) is 0 Å². The molecule has 3 heterocycles. The van der Waals surface area contributed by atoms with Crippen molar-refractivity contribution in [3.63, 3.8) is 0 Å². The van der Waals surface area contributed by atoms with Gasteiger partial charge in [-0.2, -0.15) is 0 Å². The van der Waals surface area contributed by atoms with Gasteiger partial charge in [0.25, 0.3) is 0 Å². The fraction of sp³-hybridized carbons (Fsp3) is 0. The van der Waals surface area contributed by atoms with Crippen molar-refractivity contribution in [3.8, 4) is 39.3 Å². The number of nitrogens with zero attached hydrogens (tertiary/aromatic N) is 3. The summed E-state index contributed by atoms with van der Waals surface area (Å²) in [7, 11) is 0. The summed E-state index contributed by atoms with van der Waals surface area (Å²) in [6, 6.07) is 77.3. The van der Waals surface area contributed by atoms with Gasteiger partial charge in [0.1, 0.15) is 0 Å². The van der Waals surface area contributed by atoms with Gasteiger partial charge in [-0.05, 0) is 82.9 Å². The highest BCUT2D eigenvalue weighted by molar-refractivity contribution is 6.24. The fourth-order valence-corrected chi connectivity index (χ4v) is 9.38. The predicted octanol–water partition coefficient (Wildman–Crippen LogP) is 14.3. The second kappa shape index (κ2) is 12.5. The van der Waals surface area contributed by atoms with Crippen LogP contribution in [0.5, 0.6) is 0 Å². The molecular formula is C54H35N3. The second-order valence-electron chi connectivity index (χ2n) is 14.9. The lowest BCUT2D eigenvalue weighted by atomic mass is 9.99. The molecule has 0 unspecified atom stereocenters. The van der Waals surface area contributed by atoms with Crippen molar-refractivity contribution < 1.29 is 0 Å². The normalized spacial score (nSPS) is 11.9. The number of rotatable bonds is 5. The number of fused-ring (bicyclic) bond motifs is 10. The smallest absolute Gasteiger partial charge is 0.0788 e. The minimum Gasteiger partial charge on any atom is -0.309 e. The van der Waals surface area contributed by atoms with Crippen LogP contribution in [0.2, 0.25) is 0 Å². The standard InChI is InChI=1S/C54H35N3/c1-3-14-36(15-4-1)37-26-30-40(31-27-37)55-50-24-12-9-20-47(50)52-42(21-13-25-51(52)55)38-28-32-41(33-29-38)57-49-23-11-8-19-44(49)46-35-34-45-43-18-7-10-22-48(43)56(53(45)54(46)57)39-16-5-2-6-17-39/h1-35H. The molecule has 0 fully saturated rings. The Morgan fingerprint density at radius 2 is 0.649 bits per heavy atom. The van der Waals surface area contributed by atoms with Crippen LogP contribution in [-0.2, 0) is 0 Å². The maximum Gasteiger partial charge on any atom is 0.0788 e. The fourth-order valence-electron chi connectivity index (χ4n) is 9.38.